The van der Waals surface area contributed by atoms with Crippen LogP contribution in [0.1, 0.15) is 31.9 Å². The van der Waals surface area contributed by atoms with Crippen LogP contribution in [0.3, 0.4) is 0 Å². The number of benzene rings is 3. The molecule has 2 nitrogen and oxygen atoms in total. The van der Waals surface area contributed by atoms with Crippen LogP contribution in [0, 0.1) is 0 Å². The molecule has 3 rings (SSSR count). The van der Waals surface area contributed by atoms with E-state index in [-0.39, 0.29) is 5.16 Å². The van der Waals surface area contributed by atoms with Crippen LogP contribution in [-0.2, 0) is 17.7 Å². The van der Waals surface area contributed by atoms with E-state index in [2.05, 4.69) is 49.7 Å². The van der Waals surface area contributed by atoms with Crippen LogP contribution < -0.4 is 5.30 Å². The second-order valence-electron chi connectivity index (χ2n) is 7.88. The van der Waals surface area contributed by atoms with Crippen molar-refractivity contribution in [3.63, 3.8) is 0 Å². The molecule has 3 aromatic carbocycles. The average molecular weight is 377 g/mol. The summed E-state index contributed by atoms with van der Waals surface area (Å²) < 4.78 is 16.9. The molecular weight excluding hydrogens is 349 g/mol. The van der Waals surface area contributed by atoms with Crippen LogP contribution >= 0.6 is 7.29 Å². The molecule has 0 aliphatic heterocycles. The first-order valence-electron chi connectivity index (χ1n) is 9.40. The van der Waals surface area contributed by atoms with Gasteiger partial charge in [0.05, 0.1) is 0 Å². The van der Waals surface area contributed by atoms with E-state index in [1.54, 1.807) is 0 Å². The van der Waals surface area contributed by atoms with Gasteiger partial charge in [0.25, 0.3) is 0 Å². The minimum Gasteiger partial charge on any atom is -0.301 e. The summed E-state index contributed by atoms with van der Waals surface area (Å²) >= 11 is 0. The molecule has 3 heteroatoms. The highest BCUT2D eigenvalue weighted by atomic mass is 31.2. The minimum atomic E-state index is -2.86. The number of nitrogens with zero attached hydrogens (tertiary/aromatic N) is 1. The van der Waals surface area contributed by atoms with Crippen molar-refractivity contribution in [2.75, 3.05) is 0 Å². The molecule has 0 aliphatic carbocycles. The van der Waals surface area contributed by atoms with E-state index in [4.69, 9.17) is 0 Å². The number of hydrogen-bond donors (Lipinski definition) is 0. The van der Waals surface area contributed by atoms with Gasteiger partial charge in [0.1, 0.15) is 0 Å². The maximum absolute atomic E-state index is 14.7. The van der Waals surface area contributed by atoms with Gasteiger partial charge in [-0.1, -0.05) is 112 Å². The Kier molecular flexibility index (Phi) is 5.99. The van der Waals surface area contributed by atoms with Crippen molar-refractivity contribution in [3.8, 4) is 0 Å². The molecule has 0 saturated carbocycles. The first-order chi connectivity index (χ1) is 12.9. The van der Waals surface area contributed by atoms with E-state index < -0.39 is 7.29 Å². The van der Waals surface area contributed by atoms with Crippen LogP contribution in [0.5, 0.6) is 0 Å². The van der Waals surface area contributed by atoms with Crippen LogP contribution in [0.4, 0.5) is 0 Å². The minimum absolute atomic E-state index is 0.377. The molecule has 1 atom stereocenters. The topological polar surface area (TPSA) is 20.3 Å². The van der Waals surface area contributed by atoms with Gasteiger partial charge in [-0.15, -0.1) is 0 Å². The van der Waals surface area contributed by atoms with Gasteiger partial charge in [0, 0.05) is 23.6 Å². The second-order valence-corrected chi connectivity index (χ2v) is 11.5. The van der Waals surface area contributed by atoms with Crippen LogP contribution in [0.2, 0.25) is 0 Å². The molecule has 0 heterocycles. The molecule has 0 radical (unpaired) electrons. The third-order valence-corrected chi connectivity index (χ3v) is 8.73. The third-order valence-electron chi connectivity index (χ3n) is 4.83. The van der Waals surface area contributed by atoms with Crippen molar-refractivity contribution in [2.45, 2.75) is 39.0 Å². The fourth-order valence-corrected chi connectivity index (χ4v) is 6.70. The number of hydrogen-bond acceptors (Lipinski definition) is 1. The summed E-state index contributed by atoms with van der Waals surface area (Å²) in [5, 5.41) is 0.544. The smallest absolute Gasteiger partial charge is 0.184 e. The molecule has 0 N–H and O–H groups in total. The highest BCUT2D eigenvalue weighted by Crippen LogP contribution is 2.60. The van der Waals surface area contributed by atoms with Gasteiger partial charge in [-0.25, -0.2) is 4.67 Å². The lowest BCUT2D eigenvalue weighted by molar-refractivity contribution is 0.388. The van der Waals surface area contributed by atoms with Crippen molar-refractivity contribution >= 4 is 12.6 Å². The van der Waals surface area contributed by atoms with Crippen molar-refractivity contribution < 1.29 is 4.57 Å². The normalized spacial score (nSPS) is 14.1. The summed E-state index contributed by atoms with van der Waals surface area (Å²) in [7, 11) is -2.86. The standard InChI is InChI=1S/C24H28NOP/c1-24(2,3)27(26,23-17-11-6-12-18-23)25(19-21-13-7-4-8-14-21)20-22-15-9-5-10-16-22/h4-18H,19-20H2,1-3H3/t27-/m0/s1. The molecule has 0 unspecified atom stereocenters. The molecule has 27 heavy (non-hydrogen) atoms. The fourth-order valence-electron chi connectivity index (χ4n) is 3.45. The van der Waals surface area contributed by atoms with Crippen molar-refractivity contribution in [1.29, 1.82) is 0 Å². The lowest BCUT2D eigenvalue weighted by Crippen LogP contribution is -2.35. The largest absolute Gasteiger partial charge is 0.301 e. The summed E-state index contributed by atoms with van der Waals surface area (Å²) in [5.74, 6) is 0. The molecule has 0 fully saturated rings. The number of rotatable bonds is 6. The fraction of sp³-hybridized carbons (Fsp3) is 0.250. The predicted octanol–water partition coefficient (Wildman–Crippen LogP) is 6.09. The molecular formula is C24H28NOP. The van der Waals surface area contributed by atoms with Gasteiger partial charge in [0.2, 0.25) is 0 Å². The van der Waals surface area contributed by atoms with Crippen LogP contribution in [0.25, 0.3) is 0 Å². The first kappa shape index (κ1) is 19.6. The Labute approximate surface area is 163 Å². The maximum Gasteiger partial charge on any atom is 0.184 e. The van der Waals surface area contributed by atoms with Gasteiger partial charge >= 0.3 is 0 Å². The summed E-state index contributed by atoms with van der Waals surface area (Å²) in [6.45, 7) is 7.57. The Bertz CT molecular complexity index is 844. The Morgan fingerprint density at radius 3 is 1.41 bits per heavy atom. The highest BCUT2D eigenvalue weighted by Gasteiger charge is 2.43. The molecule has 0 aliphatic rings. The van der Waals surface area contributed by atoms with E-state index >= 15 is 0 Å². The SMILES string of the molecule is CC(C)(C)[P@@](=O)(c1ccccc1)N(Cc1ccccc1)Cc1ccccc1. The molecule has 0 bridgehead atoms. The van der Waals surface area contributed by atoms with Crippen molar-refractivity contribution in [2.24, 2.45) is 0 Å². The monoisotopic (exact) mass is 377 g/mol. The Morgan fingerprint density at radius 2 is 1.04 bits per heavy atom. The van der Waals surface area contributed by atoms with E-state index in [1.807, 2.05) is 66.7 Å². The van der Waals surface area contributed by atoms with Crippen LogP contribution in [0.15, 0.2) is 91.0 Å². The van der Waals surface area contributed by atoms with E-state index in [1.165, 1.54) is 11.1 Å². The Morgan fingerprint density at radius 1 is 0.667 bits per heavy atom. The lowest BCUT2D eigenvalue weighted by Gasteiger charge is -2.40. The molecule has 140 valence electrons. The van der Waals surface area contributed by atoms with E-state index in [0.29, 0.717) is 13.1 Å². The molecule has 0 saturated heterocycles. The van der Waals surface area contributed by atoms with Crippen molar-refractivity contribution in [1.82, 2.24) is 4.67 Å². The second kappa shape index (κ2) is 8.25. The summed E-state index contributed by atoms with van der Waals surface area (Å²) in [5.41, 5.74) is 2.35. The average Bonchev–Trinajstić information content (AvgIpc) is 2.68. The van der Waals surface area contributed by atoms with Gasteiger partial charge < -0.3 is 4.57 Å². The lowest BCUT2D eigenvalue weighted by atomic mass is 10.2. The van der Waals surface area contributed by atoms with Gasteiger partial charge in [-0.2, -0.15) is 0 Å². The molecule has 3 aromatic rings. The van der Waals surface area contributed by atoms with E-state index in [0.717, 1.165) is 5.30 Å². The predicted molar refractivity (Wildman–Crippen MR) is 116 cm³/mol. The zero-order valence-electron chi connectivity index (χ0n) is 16.4. The zero-order chi connectivity index (χ0) is 19.3. The maximum atomic E-state index is 14.7. The first-order valence-corrected chi connectivity index (χ1v) is 11.1. The van der Waals surface area contributed by atoms with Gasteiger partial charge in [-0.3, -0.25) is 0 Å². The molecule has 0 aromatic heterocycles. The Hall–Kier alpha value is -2.15. The zero-order valence-corrected chi connectivity index (χ0v) is 17.3. The quantitative estimate of drug-likeness (QED) is 0.484. The Balaban J connectivity index is 2.09. The van der Waals surface area contributed by atoms with Crippen LogP contribution in [-0.4, -0.2) is 9.83 Å². The van der Waals surface area contributed by atoms with Crippen molar-refractivity contribution in [3.05, 3.63) is 102 Å². The van der Waals surface area contributed by atoms with Gasteiger partial charge in [-0.05, 0) is 11.1 Å². The summed E-state index contributed by atoms with van der Waals surface area (Å²) in [4.78, 5) is 0. The third kappa shape index (κ3) is 4.40. The summed E-state index contributed by atoms with van der Waals surface area (Å²) in [6.07, 6.45) is 0. The summed E-state index contributed by atoms with van der Waals surface area (Å²) in [6, 6.07) is 30.6. The molecule has 0 amide bonds. The molecule has 0 spiro atoms. The van der Waals surface area contributed by atoms with Gasteiger partial charge in [0.15, 0.2) is 7.29 Å². The highest BCUT2D eigenvalue weighted by molar-refractivity contribution is 7.70. The van der Waals surface area contributed by atoms with E-state index in [9.17, 15) is 4.57 Å².